The molecule has 1 fully saturated rings. The number of amides is 2. The lowest BCUT2D eigenvalue weighted by Gasteiger charge is -2.22. The predicted octanol–water partition coefficient (Wildman–Crippen LogP) is 3.06. The van der Waals surface area contributed by atoms with Gasteiger partial charge in [0, 0.05) is 57.9 Å². The van der Waals surface area contributed by atoms with E-state index in [9.17, 15) is 9.59 Å². The Morgan fingerprint density at radius 2 is 1.50 bits per heavy atom. The van der Waals surface area contributed by atoms with Crippen molar-refractivity contribution in [2.24, 2.45) is 0 Å². The molecule has 0 spiro atoms. The highest BCUT2D eigenvalue weighted by Crippen LogP contribution is 2.15. The van der Waals surface area contributed by atoms with Crippen LogP contribution in [0.25, 0.3) is 0 Å². The fourth-order valence-electron chi connectivity index (χ4n) is 3.51. The molecule has 3 rings (SSSR count). The second-order valence-corrected chi connectivity index (χ2v) is 7.45. The molecule has 0 saturated carbocycles. The van der Waals surface area contributed by atoms with Gasteiger partial charge in [0.05, 0.1) is 0 Å². The first kappa shape index (κ1) is 19.9. The van der Waals surface area contributed by atoms with Gasteiger partial charge in [-0.2, -0.15) is 0 Å². The van der Waals surface area contributed by atoms with E-state index in [1.54, 1.807) is 0 Å². The van der Waals surface area contributed by atoms with E-state index in [-0.39, 0.29) is 11.8 Å². The molecule has 0 radical (unpaired) electrons. The summed E-state index contributed by atoms with van der Waals surface area (Å²) in [7, 11) is 3.96. The summed E-state index contributed by atoms with van der Waals surface area (Å²) in [6, 6.07) is 17.8. The molecule has 0 aliphatic carbocycles. The lowest BCUT2D eigenvalue weighted by Crippen LogP contribution is -2.37. The van der Waals surface area contributed by atoms with Crippen LogP contribution in [0, 0.1) is 0 Å². The molecule has 28 heavy (non-hydrogen) atoms. The molecule has 5 heteroatoms. The van der Waals surface area contributed by atoms with Crippen molar-refractivity contribution in [3.63, 3.8) is 0 Å². The Balaban J connectivity index is 1.53. The second kappa shape index (κ2) is 9.40. The highest BCUT2D eigenvalue weighted by Gasteiger charge is 2.22. The monoisotopic (exact) mass is 379 g/mol. The molecule has 0 aromatic heterocycles. The molecule has 2 aromatic carbocycles. The topological polar surface area (TPSA) is 43.9 Å². The van der Waals surface area contributed by atoms with Gasteiger partial charge in [-0.25, -0.2) is 0 Å². The maximum atomic E-state index is 12.8. The molecular weight excluding hydrogens is 350 g/mol. The smallest absolute Gasteiger partial charge is 0.253 e. The highest BCUT2D eigenvalue weighted by molar-refractivity contribution is 5.94. The van der Waals surface area contributed by atoms with Gasteiger partial charge in [0.1, 0.15) is 0 Å². The molecule has 2 aromatic rings. The largest absolute Gasteiger partial charge is 0.378 e. The van der Waals surface area contributed by atoms with Crippen LogP contribution in [0.1, 0.15) is 28.8 Å². The molecule has 0 atom stereocenters. The number of nitrogens with zero attached hydrogens (tertiary/aromatic N) is 3. The van der Waals surface area contributed by atoms with Crippen LogP contribution in [0.4, 0.5) is 5.69 Å². The fourth-order valence-corrected chi connectivity index (χ4v) is 3.51. The Kier molecular flexibility index (Phi) is 6.69. The van der Waals surface area contributed by atoms with E-state index < -0.39 is 0 Å². The van der Waals surface area contributed by atoms with Crippen LogP contribution in [0.2, 0.25) is 0 Å². The second-order valence-electron chi connectivity index (χ2n) is 7.45. The maximum Gasteiger partial charge on any atom is 0.253 e. The summed E-state index contributed by atoms with van der Waals surface area (Å²) in [5.74, 6) is 0.220. The van der Waals surface area contributed by atoms with E-state index in [0.717, 1.165) is 25.1 Å². The average molecular weight is 380 g/mol. The fraction of sp³-hybridized carbons (Fsp3) is 0.391. The third-order valence-electron chi connectivity index (χ3n) is 5.24. The van der Waals surface area contributed by atoms with Crippen LogP contribution >= 0.6 is 0 Å². The number of hydrogen-bond donors (Lipinski definition) is 0. The van der Waals surface area contributed by atoms with Gasteiger partial charge in [0.25, 0.3) is 5.91 Å². The quantitative estimate of drug-likeness (QED) is 0.802. The molecule has 2 amide bonds. The van der Waals surface area contributed by atoms with E-state index in [4.69, 9.17) is 0 Å². The van der Waals surface area contributed by atoms with Crippen LogP contribution in [0.3, 0.4) is 0 Å². The summed E-state index contributed by atoms with van der Waals surface area (Å²) in [5.41, 5.74) is 2.96. The summed E-state index contributed by atoms with van der Waals surface area (Å²) in [6.07, 6.45) is 2.10. The Labute approximate surface area is 167 Å². The number of carbonyl (C=O) groups excluding carboxylic acids is 2. The van der Waals surface area contributed by atoms with Crippen molar-refractivity contribution >= 4 is 17.5 Å². The summed E-state index contributed by atoms with van der Waals surface area (Å²) in [4.78, 5) is 31.2. The highest BCUT2D eigenvalue weighted by atomic mass is 16.2. The number of rotatable bonds is 5. The molecule has 1 heterocycles. The van der Waals surface area contributed by atoms with Crippen LogP contribution < -0.4 is 4.90 Å². The molecule has 0 unspecified atom stereocenters. The summed E-state index contributed by atoms with van der Waals surface area (Å²) in [5, 5.41) is 0. The van der Waals surface area contributed by atoms with Gasteiger partial charge in [-0.15, -0.1) is 0 Å². The van der Waals surface area contributed by atoms with Crippen LogP contribution in [-0.2, 0) is 11.2 Å². The van der Waals surface area contributed by atoms with E-state index in [0.29, 0.717) is 31.6 Å². The van der Waals surface area contributed by atoms with Gasteiger partial charge in [0.2, 0.25) is 5.91 Å². The van der Waals surface area contributed by atoms with E-state index in [2.05, 4.69) is 12.1 Å². The van der Waals surface area contributed by atoms with E-state index >= 15 is 0 Å². The summed E-state index contributed by atoms with van der Waals surface area (Å²) < 4.78 is 0. The molecule has 1 aliphatic rings. The molecular formula is C23H29N3O2. The molecule has 148 valence electrons. The summed E-state index contributed by atoms with van der Waals surface area (Å²) in [6.45, 7) is 2.61. The van der Waals surface area contributed by atoms with Gasteiger partial charge in [0.15, 0.2) is 0 Å². The van der Waals surface area contributed by atoms with Crippen LogP contribution in [-0.4, -0.2) is 61.9 Å². The first-order valence-corrected chi connectivity index (χ1v) is 9.93. The minimum absolute atomic E-state index is 0.0453. The number of aryl methyl sites for hydroxylation is 1. The minimum Gasteiger partial charge on any atom is -0.378 e. The Morgan fingerprint density at radius 1 is 0.857 bits per heavy atom. The van der Waals surface area contributed by atoms with Gasteiger partial charge in [-0.05, 0) is 42.7 Å². The third-order valence-corrected chi connectivity index (χ3v) is 5.24. The van der Waals surface area contributed by atoms with Gasteiger partial charge in [-0.1, -0.05) is 30.3 Å². The van der Waals surface area contributed by atoms with Crippen molar-refractivity contribution in [1.29, 1.82) is 0 Å². The van der Waals surface area contributed by atoms with Crippen molar-refractivity contribution in [2.75, 3.05) is 45.2 Å². The van der Waals surface area contributed by atoms with Gasteiger partial charge in [-0.3, -0.25) is 9.59 Å². The Hall–Kier alpha value is -2.82. The lowest BCUT2D eigenvalue weighted by atomic mass is 10.1. The van der Waals surface area contributed by atoms with Gasteiger partial charge < -0.3 is 14.7 Å². The van der Waals surface area contributed by atoms with Crippen molar-refractivity contribution < 1.29 is 9.59 Å². The number of hydrogen-bond acceptors (Lipinski definition) is 3. The molecule has 1 saturated heterocycles. The number of carbonyl (C=O) groups is 2. The SMILES string of the molecule is CN(C)c1ccc(C(=O)N2CCCN(C(=O)CCc3ccccc3)CC2)cc1. The molecule has 0 bridgehead atoms. The first-order chi connectivity index (χ1) is 13.5. The average Bonchev–Trinajstić information content (AvgIpc) is 2.98. The lowest BCUT2D eigenvalue weighted by molar-refractivity contribution is -0.131. The molecule has 5 nitrogen and oxygen atoms in total. The Bertz CT molecular complexity index is 787. The maximum absolute atomic E-state index is 12.8. The number of anilines is 1. The zero-order chi connectivity index (χ0) is 19.9. The molecule has 0 N–H and O–H groups in total. The van der Waals surface area contributed by atoms with E-state index in [1.165, 1.54) is 5.56 Å². The standard InChI is InChI=1S/C23H29N3O2/c1-24(2)21-12-10-20(11-13-21)23(28)26-16-6-15-25(17-18-26)22(27)14-9-19-7-4-3-5-8-19/h3-5,7-8,10-13H,6,9,14-18H2,1-2H3. The third kappa shape index (κ3) is 5.12. The predicted molar refractivity (Wildman–Crippen MR) is 113 cm³/mol. The first-order valence-electron chi connectivity index (χ1n) is 9.93. The van der Waals surface area contributed by atoms with Crippen LogP contribution in [0.5, 0.6) is 0 Å². The Morgan fingerprint density at radius 3 is 2.18 bits per heavy atom. The molecule has 1 aliphatic heterocycles. The summed E-state index contributed by atoms with van der Waals surface area (Å²) >= 11 is 0. The van der Waals surface area contributed by atoms with Crippen molar-refractivity contribution in [1.82, 2.24) is 9.80 Å². The van der Waals surface area contributed by atoms with Crippen molar-refractivity contribution in [3.8, 4) is 0 Å². The minimum atomic E-state index is 0.0453. The van der Waals surface area contributed by atoms with Crippen molar-refractivity contribution in [3.05, 3.63) is 65.7 Å². The van der Waals surface area contributed by atoms with E-state index in [1.807, 2.05) is 71.3 Å². The van der Waals surface area contributed by atoms with Crippen LogP contribution in [0.15, 0.2) is 54.6 Å². The van der Waals surface area contributed by atoms with Gasteiger partial charge >= 0.3 is 0 Å². The number of benzene rings is 2. The zero-order valence-electron chi connectivity index (χ0n) is 16.8. The zero-order valence-corrected chi connectivity index (χ0v) is 16.8. The normalized spacial score (nSPS) is 14.5. The van der Waals surface area contributed by atoms with Crippen molar-refractivity contribution in [2.45, 2.75) is 19.3 Å².